The van der Waals surface area contributed by atoms with E-state index in [9.17, 15) is 9.90 Å². The Hall–Kier alpha value is -1.51. The molecular weight excluding hydrogens is 156 g/mol. The van der Waals surface area contributed by atoms with Crippen molar-refractivity contribution in [3.05, 3.63) is 29.8 Å². The molecule has 0 N–H and O–H groups in total. The van der Waals surface area contributed by atoms with Gasteiger partial charge in [-0.2, -0.15) is 0 Å². The number of carbonyl (C=O) groups excluding carboxylic acids is 1. The molecule has 0 saturated heterocycles. The number of benzene rings is 1. The van der Waals surface area contributed by atoms with Gasteiger partial charge < -0.3 is 4.74 Å². The van der Waals surface area contributed by atoms with Crippen molar-refractivity contribution < 1.29 is 14.6 Å². The molecule has 3 heteroatoms. The molecule has 0 bridgehead atoms. The second-order valence-electron chi connectivity index (χ2n) is 2.39. The van der Waals surface area contributed by atoms with Gasteiger partial charge in [0.05, 0.1) is 0 Å². The molecule has 0 saturated carbocycles. The summed E-state index contributed by atoms with van der Waals surface area (Å²) in [4.78, 5) is 10.4. The van der Waals surface area contributed by atoms with Crippen LogP contribution in [-0.4, -0.2) is 5.97 Å². The number of hydrogen-bond acceptors (Lipinski definition) is 2. The van der Waals surface area contributed by atoms with E-state index in [1.54, 1.807) is 18.2 Å². The lowest BCUT2D eigenvalue weighted by molar-refractivity contribution is -0.142. The summed E-state index contributed by atoms with van der Waals surface area (Å²) in [7, 11) is 0. The van der Waals surface area contributed by atoms with Crippen molar-refractivity contribution in [3.8, 4) is 5.75 Å². The number of carbonyl (C=O) groups is 1. The van der Waals surface area contributed by atoms with Crippen LogP contribution in [0.4, 0.5) is 0 Å². The summed E-state index contributed by atoms with van der Waals surface area (Å²) in [6, 6.07) is 6.48. The van der Waals surface area contributed by atoms with E-state index in [1.807, 2.05) is 0 Å². The standard InChI is InChI=1S/C9H9O3/c1-7(10)12-6-8-4-2-3-5-9(8)11/h2-5H,6H2,1H3. The first kappa shape index (κ1) is 8.59. The average Bonchev–Trinajstić information content (AvgIpc) is 2.03. The number of esters is 1. The largest absolute Gasteiger partial charge is 0.461 e. The number of ether oxygens (including phenoxy) is 1. The van der Waals surface area contributed by atoms with Crippen LogP contribution in [0, 0.1) is 0 Å². The zero-order valence-electron chi connectivity index (χ0n) is 6.74. The summed E-state index contributed by atoms with van der Waals surface area (Å²) >= 11 is 0. The van der Waals surface area contributed by atoms with Crippen molar-refractivity contribution in [2.75, 3.05) is 0 Å². The summed E-state index contributed by atoms with van der Waals surface area (Å²) in [5, 5.41) is 11.0. The summed E-state index contributed by atoms with van der Waals surface area (Å²) in [6.07, 6.45) is 0. The van der Waals surface area contributed by atoms with Crippen molar-refractivity contribution in [1.29, 1.82) is 0 Å². The van der Waals surface area contributed by atoms with Gasteiger partial charge in [-0.25, -0.2) is 0 Å². The third kappa shape index (κ3) is 2.27. The van der Waals surface area contributed by atoms with Gasteiger partial charge in [-0.3, -0.25) is 9.90 Å². The van der Waals surface area contributed by atoms with E-state index in [-0.39, 0.29) is 18.3 Å². The van der Waals surface area contributed by atoms with Crippen molar-refractivity contribution in [2.45, 2.75) is 13.5 Å². The van der Waals surface area contributed by atoms with E-state index in [0.717, 1.165) is 0 Å². The zero-order valence-corrected chi connectivity index (χ0v) is 6.74. The first-order chi connectivity index (χ1) is 5.70. The van der Waals surface area contributed by atoms with Crippen LogP contribution in [0.2, 0.25) is 0 Å². The van der Waals surface area contributed by atoms with E-state index in [4.69, 9.17) is 0 Å². The monoisotopic (exact) mass is 165 g/mol. The normalized spacial score (nSPS) is 9.42. The minimum absolute atomic E-state index is 0.0645. The summed E-state index contributed by atoms with van der Waals surface area (Å²) in [5.74, 6) is -0.475. The first-order valence-corrected chi connectivity index (χ1v) is 3.58. The highest BCUT2D eigenvalue weighted by Gasteiger charge is 2.02. The van der Waals surface area contributed by atoms with E-state index < -0.39 is 0 Å². The molecule has 1 aromatic rings. The molecule has 3 nitrogen and oxygen atoms in total. The molecule has 0 aliphatic heterocycles. The predicted molar refractivity (Wildman–Crippen MR) is 42.0 cm³/mol. The molecule has 0 aliphatic rings. The van der Waals surface area contributed by atoms with Gasteiger partial charge in [-0.15, -0.1) is 0 Å². The molecule has 12 heavy (non-hydrogen) atoms. The fourth-order valence-corrected chi connectivity index (χ4v) is 0.802. The molecule has 1 aromatic carbocycles. The number of para-hydroxylation sites is 1. The molecule has 0 aliphatic carbocycles. The van der Waals surface area contributed by atoms with Crippen LogP contribution in [0.15, 0.2) is 24.3 Å². The Balaban J connectivity index is 2.63. The minimum atomic E-state index is -0.377. The SMILES string of the molecule is CC(=O)OCc1ccccc1[O]. The topological polar surface area (TPSA) is 46.2 Å². The maximum absolute atomic E-state index is 11.0. The van der Waals surface area contributed by atoms with E-state index in [1.165, 1.54) is 13.0 Å². The van der Waals surface area contributed by atoms with Crippen LogP contribution in [0.3, 0.4) is 0 Å². The van der Waals surface area contributed by atoms with E-state index in [0.29, 0.717) is 5.56 Å². The van der Waals surface area contributed by atoms with Crippen molar-refractivity contribution in [3.63, 3.8) is 0 Å². The average molecular weight is 165 g/mol. The molecule has 0 heterocycles. The molecule has 0 unspecified atom stereocenters. The van der Waals surface area contributed by atoms with Crippen molar-refractivity contribution >= 4 is 5.97 Å². The molecule has 0 spiro atoms. The van der Waals surface area contributed by atoms with E-state index in [2.05, 4.69) is 4.74 Å². The third-order valence-electron chi connectivity index (χ3n) is 1.40. The Morgan fingerprint density at radius 1 is 1.42 bits per heavy atom. The molecule has 1 radical (unpaired) electrons. The highest BCUT2D eigenvalue weighted by Crippen LogP contribution is 2.16. The van der Waals surface area contributed by atoms with Gasteiger partial charge in [0.15, 0.2) is 5.75 Å². The van der Waals surface area contributed by atoms with Crippen LogP contribution >= 0.6 is 0 Å². The maximum atomic E-state index is 11.0. The van der Waals surface area contributed by atoms with Gasteiger partial charge in [0.2, 0.25) is 0 Å². The molecular formula is C9H9O3. The lowest BCUT2D eigenvalue weighted by Crippen LogP contribution is -1.98. The van der Waals surface area contributed by atoms with Crippen LogP contribution in [-0.2, 0) is 21.2 Å². The highest BCUT2D eigenvalue weighted by molar-refractivity contribution is 5.66. The van der Waals surface area contributed by atoms with Crippen LogP contribution in [0.1, 0.15) is 12.5 Å². The van der Waals surface area contributed by atoms with Gasteiger partial charge in [0.25, 0.3) is 0 Å². The van der Waals surface area contributed by atoms with Gasteiger partial charge in [-0.05, 0) is 6.07 Å². The van der Waals surface area contributed by atoms with E-state index >= 15 is 0 Å². The smallest absolute Gasteiger partial charge is 0.302 e. The summed E-state index contributed by atoms with van der Waals surface area (Å²) < 4.78 is 4.67. The first-order valence-electron chi connectivity index (χ1n) is 3.58. The second kappa shape index (κ2) is 3.76. The molecule has 0 fully saturated rings. The molecule has 0 atom stereocenters. The Labute approximate surface area is 70.6 Å². The number of rotatable bonds is 2. The summed E-state index contributed by atoms with van der Waals surface area (Å²) in [6.45, 7) is 1.38. The Bertz CT molecular complexity index is 281. The van der Waals surface area contributed by atoms with Crippen LogP contribution in [0.25, 0.3) is 0 Å². The van der Waals surface area contributed by atoms with Gasteiger partial charge in [-0.1, -0.05) is 18.2 Å². The molecule has 0 amide bonds. The fraction of sp³-hybridized carbons (Fsp3) is 0.222. The summed E-state index contributed by atoms with van der Waals surface area (Å²) in [5.41, 5.74) is 0.507. The molecule has 63 valence electrons. The minimum Gasteiger partial charge on any atom is -0.461 e. The Morgan fingerprint density at radius 3 is 2.67 bits per heavy atom. The lowest BCUT2D eigenvalue weighted by atomic mass is 10.2. The highest BCUT2D eigenvalue weighted by atomic mass is 16.5. The van der Waals surface area contributed by atoms with Crippen LogP contribution < -0.4 is 0 Å². The van der Waals surface area contributed by atoms with Crippen molar-refractivity contribution in [1.82, 2.24) is 0 Å². The van der Waals surface area contributed by atoms with Crippen molar-refractivity contribution in [2.24, 2.45) is 0 Å². The Kier molecular flexibility index (Phi) is 2.69. The molecule has 1 rings (SSSR count). The molecule has 0 aromatic heterocycles. The Morgan fingerprint density at radius 2 is 2.08 bits per heavy atom. The quantitative estimate of drug-likeness (QED) is 0.628. The predicted octanol–water partition coefficient (Wildman–Crippen LogP) is 1.89. The zero-order chi connectivity index (χ0) is 8.97. The number of hydrogen-bond donors (Lipinski definition) is 0. The van der Waals surface area contributed by atoms with Crippen LogP contribution in [0.5, 0.6) is 5.75 Å². The second-order valence-corrected chi connectivity index (χ2v) is 2.39. The fourth-order valence-electron chi connectivity index (χ4n) is 0.802. The van der Waals surface area contributed by atoms with Gasteiger partial charge >= 0.3 is 5.97 Å². The third-order valence-corrected chi connectivity index (χ3v) is 1.40. The van der Waals surface area contributed by atoms with Gasteiger partial charge in [0.1, 0.15) is 6.61 Å². The lowest BCUT2D eigenvalue weighted by Gasteiger charge is -2.01. The van der Waals surface area contributed by atoms with Gasteiger partial charge in [0, 0.05) is 12.5 Å². The maximum Gasteiger partial charge on any atom is 0.302 e.